The average molecular weight is 340 g/mol. The van der Waals surface area contributed by atoms with Gasteiger partial charge in [-0.05, 0) is 52.7 Å². The van der Waals surface area contributed by atoms with Gasteiger partial charge in [-0.15, -0.1) is 0 Å². The fourth-order valence-corrected chi connectivity index (χ4v) is 2.85. The van der Waals surface area contributed by atoms with E-state index < -0.39 is 0 Å². The molecule has 1 aromatic carbocycles. The molecule has 19 heavy (non-hydrogen) atoms. The van der Waals surface area contributed by atoms with E-state index in [1.165, 1.54) is 11.1 Å². The molecule has 0 fully saturated rings. The lowest BCUT2D eigenvalue weighted by Crippen LogP contribution is -2.12. The summed E-state index contributed by atoms with van der Waals surface area (Å²) in [5.41, 5.74) is 2.57. The highest BCUT2D eigenvalue weighted by Crippen LogP contribution is 2.22. The van der Waals surface area contributed by atoms with E-state index in [0.717, 1.165) is 36.3 Å². The van der Waals surface area contributed by atoms with Gasteiger partial charge in [-0.3, -0.25) is 0 Å². The monoisotopic (exact) mass is 339 g/mol. The zero-order chi connectivity index (χ0) is 13.5. The molecule has 0 aliphatic rings. The maximum Gasteiger partial charge on any atom is 0.119 e. The smallest absolute Gasteiger partial charge is 0.119 e. The van der Waals surface area contributed by atoms with Crippen LogP contribution in [-0.2, 0) is 13.0 Å². The summed E-state index contributed by atoms with van der Waals surface area (Å²) in [6.07, 6.45) is 0.960. The number of hydrogen-bond donors (Lipinski definition) is 1. The van der Waals surface area contributed by atoms with Gasteiger partial charge in [-0.2, -0.15) is 11.3 Å². The molecule has 0 unspecified atom stereocenters. The second-order valence-corrected chi connectivity index (χ2v) is 5.90. The fraction of sp³-hybridized carbons (Fsp3) is 0.333. The molecular formula is C15H18BrNOS. The van der Waals surface area contributed by atoms with Crippen LogP contribution in [0.1, 0.15) is 18.1 Å². The van der Waals surface area contributed by atoms with Gasteiger partial charge in [0.2, 0.25) is 0 Å². The summed E-state index contributed by atoms with van der Waals surface area (Å²) in [5, 5.41) is 7.60. The van der Waals surface area contributed by atoms with E-state index in [1.807, 2.05) is 12.1 Å². The maximum absolute atomic E-state index is 5.81. The summed E-state index contributed by atoms with van der Waals surface area (Å²) in [5.74, 6) is 0.936. The van der Waals surface area contributed by atoms with Gasteiger partial charge in [0, 0.05) is 17.4 Å². The number of thiophene rings is 1. The number of ether oxygens (including phenoxy) is 1. The Kier molecular flexibility index (Phi) is 5.89. The van der Waals surface area contributed by atoms with Crippen molar-refractivity contribution in [3.63, 3.8) is 0 Å². The molecule has 0 aliphatic carbocycles. The molecule has 2 aromatic rings. The molecule has 102 valence electrons. The highest BCUT2D eigenvalue weighted by Gasteiger charge is 2.02. The maximum atomic E-state index is 5.81. The second kappa shape index (κ2) is 7.68. The van der Waals surface area contributed by atoms with E-state index in [-0.39, 0.29) is 0 Å². The lowest BCUT2D eigenvalue weighted by Gasteiger charge is -2.10. The highest BCUT2D eigenvalue weighted by molar-refractivity contribution is 9.10. The van der Waals surface area contributed by atoms with Gasteiger partial charge in [0.15, 0.2) is 0 Å². The van der Waals surface area contributed by atoms with Gasteiger partial charge >= 0.3 is 0 Å². The van der Waals surface area contributed by atoms with Crippen molar-refractivity contribution >= 4 is 27.3 Å². The Morgan fingerprint density at radius 2 is 2.21 bits per heavy atom. The molecule has 1 heterocycles. The summed E-state index contributed by atoms with van der Waals surface area (Å²) in [6, 6.07) is 8.30. The van der Waals surface area contributed by atoms with Crippen LogP contribution in [0.4, 0.5) is 0 Å². The Balaban J connectivity index is 1.89. The van der Waals surface area contributed by atoms with Crippen molar-refractivity contribution in [2.45, 2.75) is 19.9 Å². The van der Waals surface area contributed by atoms with E-state index >= 15 is 0 Å². The lowest BCUT2D eigenvalue weighted by atomic mass is 10.2. The lowest BCUT2D eigenvalue weighted by molar-refractivity contribution is 0.321. The molecule has 0 bridgehead atoms. The first-order valence-electron chi connectivity index (χ1n) is 6.42. The quantitative estimate of drug-likeness (QED) is 0.814. The Hall–Kier alpha value is -0.840. The van der Waals surface area contributed by atoms with Crippen molar-refractivity contribution in [3.8, 4) is 5.75 Å². The average Bonchev–Trinajstić information content (AvgIpc) is 2.92. The van der Waals surface area contributed by atoms with Crippen LogP contribution in [0.25, 0.3) is 0 Å². The first kappa shape index (κ1) is 14.6. The van der Waals surface area contributed by atoms with Gasteiger partial charge in [0.25, 0.3) is 0 Å². The number of rotatable bonds is 7. The molecule has 2 nitrogen and oxygen atoms in total. The van der Waals surface area contributed by atoms with Gasteiger partial charge in [0.1, 0.15) is 5.75 Å². The van der Waals surface area contributed by atoms with Crippen molar-refractivity contribution in [3.05, 3.63) is 50.6 Å². The zero-order valence-corrected chi connectivity index (χ0v) is 13.4. The summed E-state index contributed by atoms with van der Waals surface area (Å²) >= 11 is 5.30. The van der Waals surface area contributed by atoms with Crippen molar-refractivity contribution in [1.29, 1.82) is 0 Å². The summed E-state index contributed by atoms with van der Waals surface area (Å²) in [7, 11) is 0. The molecule has 0 atom stereocenters. The Morgan fingerprint density at radius 1 is 1.32 bits per heavy atom. The third-order valence-corrected chi connectivity index (χ3v) is 4.33. The summed E-state index contributed by atoms with van der Waals surface area (Å²) in [6.45, 7) is 4.66. The minimum Gasteiger partial charge on any atom is -0.493 e. The second-order valence-electron chi connectivity index (χ2n) is 4.26. The molecular weight excluding hydrogens is 322 g/mol. The molecule has 1 N–H and O–H groups in total. The van der Waals surface area contributed by atoms with E-state index in [0.29, 0.717) is 0 Å². The van der Waals surface area contributed by atoms with Crippen LogP contribution < -0.4 is 10.1 Å². The minimum absolute atomic E-state index is 0.721. The standard InChI is InChI=1S/C15H18BrNOS/c1-2-17-10-13-9-14(3-4-15(13)16)18-7-5-12-6-8-19-11-12/h3-4,6,8-9,11,17H,2,5,7,10H2,1H3. The first-order valence-corrected chi connectivity index (χ1v) is 8.16. The van der Waals surface area contributed by atoms with E-state index in [4.69, 9.17) is 4.74 Å². The van der Waals surface area contributed by atoms with Crippen LogP contribution in [0.15, 0.2) is 39.5 Å². The molecule has 2 rings (SSSR count). The van der Waals surface area contributed by atoms with E-state index in [1.54, 1.807) is 11.3 Å². The number of hydrogen-bond acceptors (Lipinski definition) is 3. The normalized spacial score (nSPS) is 10.6. The molecule has 0 saturated heterocycles. The molecule has 0 aliphatic heterocycles. The molecule has 0 saturated carbocycles. The first-order chi connectivity index (χ1) is 9.29. The SMILES string of the molecule is CCNCc1cc(OCCc2ccsc2)ccc1Br. The van der Waals surface area contributed by atoms with Crippen molar-refractivity contribution in [1.82, 2.24) is 5.32 Å². The highest BCUT2D eigenvalue weighted by atomic mass is 79.9. The van der Waals surface area contributed by atoms with Gasteiger partial charge in [0.05, 0.1) is 6.61 Å². The van der Waals surface area contributed by atoms with Crippen molar-refractivity contribution in [2.24, 2.45) is 0 Å². The van der Waals surface area contributed by atoms with Crippen LogP contribution in [-0.4, -0.2) is 13.2 Å². The summed E-state index contributed by atoms with van der Waals surface area (Å²) in [4.78, 5) is 0. The van der Waals surface area contributed by atoms with Gasteiger partial charge in [-0.1, -0.05) is 22.9 Å². The van der Waals surface area contributed by atoms with Crippen molar-refractivity contribution in [2.75, 3.05) is 13.2 Å². The Labute approximate surface area is 126 Å². The van der Waals surface area contributed by atoms with E-state index in [2.05, 4.69) is 51.1 Å². The molecule has 4 heteroatoms. The Bertz CT molecular complexity index is 499. The Morgan fingerprint density at radius 3 is 2.95 bits per heavy atom. The van der Waals surface area contributed by atoms with Crippen LogP contribution in [0, 0.1) is 0 Å². The number of nitrogens with one attached hydrogen (secondary N) is 1. The van der Waals surface area contributed by atoms with Gasteiger partial charge in [-0.25, -0.2) is 0 Å². The molecule has 1 aromatic heterocycles. The van der Waals surface area contributed by atoms with E-state index in [9.17, 15) is 0 Å². The predicted octanol–water partition coefficient (Wildman–Crippen LogP) is 4.24. The molecule has 0 spiro atoms. The third kappa shape index (κ3) is 4.64. The molecule has 0 amide bonds. The topological polar surface area (TPSA) is 21.3 Å². The molecule has 0 radical (unpaired) electrons. The van der Waals surface area contributed by atoms with Crippen LogP contribution >= 0.6 is 27.3 Å². The fourth-order valence-electron chi connectivity index (χ4n) is 1.76. The minimum atomic E-state index is 0.721. The predicted molar refractivity (Wildman–Crippen MR) is 85.0 cm³/mol. The number of benzene rings is 1. The van der Waals surface area contributed by atoms with Crippen molar-refractivity contribution < 1.29 is 4.74 Å². The van der Waals surface area contributed by atoms with Crippen LogP contribution in [0.2, 0.25) is 0 Å². The van der Waals surface area contributed by atoms with Crippen LogP contribution in [0.3, 0.4) is 0 Å². The van der Waals surface area contributed by atoms with Gasteiger partial charge < -0.3 is 10.1 Å². The summed E-state index contributed by atoms with van der Waals surface area (Å²) < 4.78 is 6.93. The largest absolute Gasteiger partial charge is 0.493 e. The van der Waals surface area contributed by atoms with Crippen LogP contribution in [0.5, 0.6) is 5.75 Å². The zero-order valence-electron chi connectivity index (χ0n) is 11.0. The number of halogens is 1. The third-order valence-electron chi connectivity index (χ3n) is 2.82.